The Balaban J connectivity index is 1.42. The molecule has 0 aliphatic heterocycles. The number of carboxylic acids is 1. The maximum Gasteiger partial charge on any atom is 0.411 e. The van der Waals surface area contributed by atoms with Gasteiger partial charge in [-0.05, 0) is 46.9 Å². The quantitative estimate of drug-likeness (QED) is 0.424. The summed E-state index contributed by atoms with van der Waals surface area (Å²) in [6.07, 6.45) is -0.0416. The summed E-state index contributed by atoms with van der Waals surface area (Å²) in [6.45, 7) is 1.93. The molecule has 0 atom stereocenters. The molecule has 0 radical (unpaired) electrons. The summed E-state index contributed by atoms with van der Waals surface area (Å²) in [6, 6.07) is 20.5. The van der Waals surface area contributed by atoms with Crippen LogP contribution in [0.1, 0.15) is 40.7 Å². The van der Waals surface area contributed by atoms with E-state index in [0.29, 0.717) is 18.7 Å². The van der Waals surface area contributed by atoms with Gasteiger partial charge in [0.25, 0.3) is 5.91 Å². The number of carbonyl (C=O) groups excluding carboxylic acids is 2. The molecule has 0 spiro atoms. The van der Waals surface area contributed by atoms with Crippen LogP contribution < -0.4 is 5.32 Å². The summed E-state index contributed by atoms with van der Waals surface area (Å²) in [5, 5.41) is 11.8. The SMILES string of the molecule is CCCN(CC(=O)O)C(=O)c1ccc(NC(=O)OCC2c3ccccc3-c3ccccc32)c(Cl)c1. The number of fused-ring (bicyclic) bond motifs is 3. The summed E-state index contributed by atoms with van der Waals surface area (Å²) in [7, 11) is 0. The summed E-state index contributed by atoms with van der Waals surface area (Å²) in [5.74, 6) is -1.60. The van der Waals surface area contributed by atoms with Crippen LogP contribution in [0.3, 0.4) is 0 Å². The van der Waals surface area contributed by atoms with Crippen molar-refractivity contribution in [3.8, 4) is 11.1 Å². The fourth-order valence-corrected chi connectivity index (χ4v) is 4.59. The van der Waals surface area contributed by atoms with Gasteiger partial charge in [-0.1, -0.05) is 67.1 Å². The van der Waals surface area contributed by atoms with E-state index < -0.39 is 24.5 Å². The predicted molar refractivity (Wildman–Crippen MR) is 134 cm³/mol. The second-order valence-corrected chi connectivity index (χ2v) is 8.67. The predicted octanol–water partition coefficient (Wildman–Crippen LogP) is 5.64. The molecular formula is C27H25ClN2O5. The molecule has 1 aliphatic carbocycles. The number of hydrogen-bond acceptors (Lipinski definition) is 4. The standard InChI is InChI=1S/C27H25ClN2O5/c1-2-13-30(15-25(31)32)26(33)17-11-12-24(23(28)14-17)29-27(34)35-16-22-20-9-5-3-7-18(20)19-8-4-6-10-21(19)22/h3-12,14,22H,2,13,15-16H2,1H3,(H,29,34)(H,31,32). The number of nitrogens with zero attached hydrogens (tertiary/aromatic N) is 1. The topological polar surface area (TPSA) is 95.9 Å². The Kier molecular flexibility index (Phi) is 7.36. The highest BCUT2D eigenvalue weighted by Gasteiger charge is 2.29. The van der Waals surface area contributed by atoms with E-state index in [1.807, 2.05) is 43.3 Å². The van der Waals surface area contributed by atoms with E-state index in [4.69, 9.17) is 21.4 Å². The Morgan fingerprint density at radius 3 is 2.20 bits per heavy atom. The molecule has 0 unspecified atom stereocenters. The number of ether oxygens (including phenoxy) is 1. The van der Waals surface area contributed by atoms with Crippen LogP contribution in [0.25, 0.3) is 11.1 Å². The van der Waals surface area contributed by atoms with Crippen molar-refractivity contribution in [2.24, 2.45) is 0 Å². The maximum atomic E-state index is 12.7. The molecule has 0 saturated carbocycles. The van der Waals surface area contributed by atoms with Gasteiger partial charge in [0, 0.05) is 18.0 Å². The van der Waals surface area contributed by atoms with Crippen molar-refractivity contribution in [1.29, 1.82) is 0 Å². The third kappa shape index (κ3) is 5.30. The molecule has 0 fully saturated rings. The van der Waals surface area contributed by atoms with Crippen molar-refractivity contribution in [2.75, 3.05) is 25.0 Å². The lowest BCUT2D eigenvalue weighted by atomic mass is 9.98. The number of carboxylic acid groups (broad SMARTS) is 1. The first-order chi connectivity index (χ1) is 16.9. The first-order valence-corrected chi connectivity index (χ1v) is 11.7. The van der Waals surface area contributed by atoms with Gasteiger partial charge in [0.1, 0.15) is 13.2 Å². The molecule has 4 rings (SSSR count). The molecule has 0 bridgehead atoms. The van der Waals surface area contributed by atoms with Crippen molar-refractivity contribution in [3.63, 3.8) is 0 Å². The van der Waals surface area contributed by atoms with E-state index in [1.54, 1.807) is 0 Å². The summed E-state index contributed by atoms with van der Waals surface area (Å²) in [5.41, 5.74) is 5.03. The van der Waals surface area contributed by atoms with Gasteiger partial charge >= 0.3 is 12.1 Å². The molecule has 7 nitrogen and oxygen atoms in total. The largest absolute Gasteiger partial charge is 0.480 e. The van der Waals surface area contributed by atoms with E-state index in [2.05, 4.69) is 17.4 Å². The van der Waals surface area contributed by atoms with Gasteiger partial charge in [0.05, 0.1) is 10.7 Å². The molecule has 8 heteroatoms. The second kappa shape index (κ2) is 10.6. The average molecular weight is 493 g/mol. The number of benzene rings is 3. The molecular weight excluding hydrogens is 468 g/mol. The Morgan fingerprint density at radius 1 is 1.00 bits per heavy atom. The zero-order valence-electron chi connectivity index (χ0n) is 19.2. The Hall–Kier alpha value is -3.84. The lowest BCUT2D eigenvalue weighted by molar-refractivity contribution is -0.137. The first kappa shape index (κ1) is 24.3. The van der Waals surface area contributed by atoms with Gasteiger partial charge in [-0.15, -0.1) is 0 Å². The number of hydrogen-bond donors (Lipinski definition) is 2. The average Bonchev–Trinajstić information content (AvgIpc) is 3.17. The van der Waals surface area contributed by atoms with Crippen LogP contribution in [-0.4, -0.2) is 47.7 Å². The summed E-state index contributed by atoms with van der Waals surface area (Å²) in [4.78, 5) is 37.6. The van der Waals surface area contributed by atoms with Gasteiger partial charge in [-0.2, -0.15) is 0 Å². The van der Waals surface area contributed by atoms with Crippen LogP contribution in [0.4, 0.5) is 10.5 Å². The molecule has 2 amide bonds. The van der Waals surface area contributed by atoms with E-state index in [-0.39, 0.29) is 23.1 Å². The van der Waals surface area contributed by atoms with E-state index in [0.717, 1.165) is 22.3 Å². The van der Waals surface area contributed by atoms with Crippen molar-refractivity contribution in [1.82, 2.24) is 4.90 Å². The monoisotopic (exact) mass is 492 g/mol. The van der Waals surface area contributed by atoms with Gasteiger partial charge in [-0.25, -0.2) is 4.79 Å². The summed E-state index contributed by atoms with van der Waals surface area (Å²) >= 11 is 6.31. The van der Waals surface area contributed by atoms with Crippen LogP contribution in [0.2, 0.25) is 5.02 Å². The Morgan fingerprint density at radius 2 is 1.63 bits per heavy atom. The fourth-order valence-electron chi connectivity index (χ4n) is 4.36. The highest BCUT2D eigenvalue weighted by Crippen LogP contribution is 2.44. The van der Waals surface area contributed by atoms with E-state index in [9.17, 15) is 14.4 Å². The van der Waals surface area contributed by atoms with Gasteiger partial charge in [0.2, 0.25) is 0 Å². The number of carbonyl (C=O) groups is 3. The van der Waals surface area contributed by atoms with Crippen molar-refractivity contribution in [3.05, 3.63) is 88.4 Å². The van der Waals surface area contributed by atoms with Crippen molar-refractivity contribution in [2.45, 2.75) is 19.3 Å². The Labute approximate surface area is 208 Å². The maximum absolute atomic E-state index is 12.7. The van der Waals surface area contributed by atoms with Crippen LogP contribution in [-0.2, 0) is 9.53 Å². The minimum absolute atomic E-state index is 0.0672. The zero-order valence-corrected chi connectivity index (χ0v) is 19.9. The van der Waals surface area contributed by atoms with Crippen molar-refractivity contribution < 1.29 is 24.2 Å². The van der Waals surface area contributed by atoms with Crippen LogP contribution >= 0.6 is 11.6 Å². The normalized spacial score (nSPS) is 11.9. The molecule has 35 heavy (non-hydrogen) atoms. The minimum Gasteiger partial charge on any atom is -0.480 e. The fraction of sp³-hybridized carbons (Fsp3) is 0.222. The molecule has 1 aliphatic rings. The number of aliphatic carboxylic acids is 1. The van der Waals surface area contributed by atoms with Crippen LogP contribution in [0.5, 0.6) is 0 Å². The molecule has 3 aromatic rings. The lowest BCUT2D eigenvalue weighted by Crippen LogP contribution is -2.36. The van der Waals surface area contributed by atoms with Crippen molar-refractivity contribution >= 4 is 35.3 Å². The summed E-state index contributed by atoms with van der Waals surface area (Å²) < 4.78 is 5.54. The molecule has 2 N–H and O–H groups in total. The molecule has 180 valence electrons. The Bertz CT molecular complexity index is 1230. The molecule has 0 saturated heterocycles. The smallest absolute Gasteiger partial charge is 0.411 e. The number of amides is 2. The van der Waals surface area contributed by atoms with Gasteiger partial charge in [-0.3, -0.25) is 14.9 Å². The van der Waals surface area contributed by atoms with E-state index in [1.165, 1.54) is 23.1 Å². The van der Waals surface area contributed by atoms with Crippen LogP contribution in [0, 0.1) is 0 Å². The highest BCUT2D eigenvalue weighted by molar-refractivity contribution is 6.34. The number of halogens is 1. The van der Waals surface area contributed by atoms with Gasteiger partial charge < -0.3 is 14.7 Å². The third-order valence-electron chi connectivity index (χ3n) is 5.90. The van der Waals surface area contributed by atoms with E-state index >= 15 is 0 Å². The zero-order chi connectivity index (χ0) is 24.9. The third-order valence-corrected chi connectivity index (χ3v) is 6.22. The number of nitrogens with one attached hydrogen (secondary N) is 1. The lowest BCUT2D eigenvalue weighted by Gasteiger charge is -2.20. The molecule has 3 aromatic carbocycles. The first-order valence-electron chi connectivity index (χ1n) is 11.3. The highest BCUT2D eigenvalue weighted by atomic mass is 35.5. The minimum atomic E-state index is -1.09. The number of anilines is 1. The van der Waals surface area contributed by atoms with Crippen LogP contribution in [0.15, 0.2) is 66.7 Å². The van der Waals surface area contributed by atoms with Gasteiger partial charge in [0.15, 0.2) is 0 Å². The second-order valence-electron chi connectivity index (χ2n) is 8.27. The molecule has 0 aromatic heterocycles. The number of rotatable bonds is 8. The molecule has 0 heterocycles.